The number of carbonyl (C=O) groups is 2. The van der Waals surface area contributed by atoms with E-state index in [0.717, 1.165) is 16.7 Å². The molecule has 0 saturated carbocycles. The predicted octanol–water partition coefficient (Wildman–Crippen LogP) is 3.15. The molecule has 0 saturated heterocycles. The number of esters is 2. The maximum atomic E-state index is 12.0. The fourth-order valence-corrected chi connectivity index (χ4v) is 2.09. The Kier molecular flexibility index (Phi) is 4.72. The zero-order valence-electron chi connectivity index (χ0n) is 12.0. The van der Waals surface area contributed by atoms with Gasteiger partial charge in [-0.25, -0.2) is 9.59 Å². The summed E-state index contributed by atoms with van der Waals surface area (Å²) in [7, 11) is 1.32. The van der Waals surface area contributed by atoms with Crippen molar-refractivity contribution < 1.29 is 19.1 Å². The fraction of sp³-hybridized carbons (Fsp3) is 0.176. The van der Waals surface area contributed by atoms with E-state index in [0.29, 0.717) is 12.2 Å². The van der Waals surface area contributed by atoms with Crippen LogP contribution in [0.2, 0.25) is 0 Å². The van der Waals surface area contributed by atoms with Gasteiger partial charge in [0.25, 0.3) is 0 Å². The Hall–Kier alpha value is -2.62. The number of hydrogen-bond donors (Lipinski definition) is 0. The molecule has 0 atom stereocenters. The topological polar surface area (TPSA) is 52.6 Å². The summed E-state index contributed by atoms with van der Waals surface area (Å²) >= 11 is 0. The number of methoxy groups -OCH3 is 1. The minimum Gasteiger partial charge on any atom is -0.466 e. The van der Waals surface area contributed by atoms with E-state index in [2.05, 4.69) is 4.74 Å². The molecule has 0 N–H and O–H groups in total. The second-order valence-electron chi connectivity index (χ2n) is 4.33. The average molecular weight is 284 g/mol. The standard InChI is InChI=1S/C17H16O4/c1-3-21-17(19)15-11-12(9-10-16(18)20-2)13-7-5-4-6-8-14(13)15/h4-11H,3H2,1-2H3/b10-9+. The van der Waals surface area contributed by atoms with Gasteiger partial charge in [-0.15, -0.1) is 0 Å². The van der Waals surface area contributed by atoms with Gasteiger partial charge in [-0.2, -0.15) is 0 Å². The molecule has 0 spiro atoms. The summed E-state index contributed by atoms with van der Waals surface area (Å²) < 4.78 is 9.65. The lowest BCUT2D eigenvalue weighted by atomic mass is 10.1. The molecule has 0 fully saturated rings. The molecule has 4 heteroatoms. The smallest absolute Gasteiger partial charge is 0.338 e. The van der Waals surface area contributed by atoms with E-state index < -0.39 is 5.97 Å². The van der Waals surface area contributed by atoms with Crippen molar-refractivity contribution in [2.45, 2.75) is 6.92 Å². The third-order valence-corrected chi connectivity index (χ3v) is 3.03. The normalized spacial score (nSPS) is 10.8. The van der Waals surface area contributed by atoms with Gasteiger partial charge >= 0.3 is 11.9 Å². The van der Waals surface area contributed by atoms with Crippen LogP contribution in [-0.4, -0.2) is 25.7 Å². The van der Waals surface area contributed by atoms with Gasteiger partial charge in [-0.3, -0.25) is 0 Å². The summed E-state index contributed by atoms with van der Waals surface area (Å²) in [6.07, 6.45) is 2.97. The highest BCUT2D eigenvalue weighted by atomic mass is 16.5. The first kappa shape index (κ1) is 14.8. The lowest BCUT2D eigenvalue weighted by molar-refractivity contribution is -0.134. The monoisotopic (exact) mass is 284 g/mol. The van der Waals surface area contributed by atoms with E-state index >= 15 is 0 Å². The van der Waals surface area contributed by atoms with Crippen molar-refractivity contribution in [2.24, 2.45) is 0 Å². The molecule has 0 aromatic heterocycles. The molecule has 0 aliphatic heterocycles. The Morgan fingerprint density at radius 2 is 1.86 bits per heavy atom. The summed E-state index contributed by atoms with van der Waals surface area (Å²) in [6, 6.07) is 11.1. The van der Waals surface area contributed by atoms with Crippen molar-refractivity contribution in [1.82, 2.24) is 0 Å². The van der Waals surface area contributed by atoms with Crippen molar-refractivity contribution in [1.29, 1.82) is 0 Å². The molecule has 0 aromatic carbocycles. The second-order valence-corrected chi connectivity index (χ2v) is 4.33. The molecule has 21 heavy (non-hydrogen) atoms. The van der Waals surface area contributed by atoms with Crippen molar-refractivity contribution in [3.05, 3.63) is 53.6 Å². The first-order chi connectivity index (χ1) is 10.2. The van der Waals surface area contributed by atoms with Crippen LogP contribution in [0, 0.1) is 0 Å². The summed E-state index contributed by atoms with van der Waals surface area (Å²) in [6.45, 7) is 2.08. The number of carbonyl (C=O) groups excluding carboxylic acids is 2. The van der Waals surface area contributed by atoms with Crippen molar-refractivity contribution in [2.75, 3.05) is 13.7 Å². The van der Waals surface area contributed by atoms with Gasteiger partial charge in [0.2, 0.25) is 0 Å². The maximum Gasteiger partial charge on any atom is 0.338 e. The predicted molar refractivity (Wildman–Crippen MR) is 80.1 cm³/mol. The van der Waals surface area contributed by atoms with E-state index in [4.69, 9.17) is 4.74 Å². The molecule has 0 aromatic rings. The Morgan fingerprint density at radius 1 is 1.14 bits per heavy atom. The van der Waals surface area contributed by atoms with E-state index in [1.165, 1.54) is 13.2 Å². The molecule has 0 heterocycles. The zero-order valence-corrected chi connectivity index (χ0v) is 12.0. The van der Waals surface area contributed by atoms with Gasteiger partial charge in [0, 0.05) is 6.08 Å². The number of rotatable bonds is 4. The second kappa shape index (κ2) is 6.70. The van der Waals surface area contributed by atoms with Crippen LogP contribution in [0.25, 0.3) is 17.2 Å². The molecular weight excluding hydrogens is 268 g/mol. The molecule has 0 amide bonds. The van der Waals surface area contributed by atoms with Gasteiger partial charge in [-0.05, 0) is 35.8 Å². The molecular formula is C17H16O4. The van der Waals surface area contributed by atoms with E-state index in [9.17, 15) is 9.59 Å². The first-order valence-electron chi connectivity index (χ1n) is 6.62. The summed E-state index contributed by atoms with van der Waals surface area (Å²) in [4.78, 5) is 23.3. The Bertz CT molecular complexity index is 658. The SMILES string of the molecule is CCOC(=O)c1cc(/C=C/C(=O)OC)c2cccccc1-2. The minimum absolute atomic E-state index is 0.317. The molecule has 2 aliphatic rings. The summed E-state index contributed by atoms with van der Waals surface area (Å²) in [5, 5.41) is 0. The number of fused-ring (bicyclic) bond motifs is 1. The van der Waals surface area contributed by atoms with Crippen molar-refractivity contribution in [3.63, 3.8) is 0 Å². The zero-order chi connectivity index (χ0) is 15.2. The summed E-state index contributed by atoms with van der Waals surface area (Å²) in [5.41, 5.74) is 2.94. The van der Waals surface area contributed by atoms with E-state index in [1.54, 1.807) is 19.1 Å². The molecule has 2 rings (SSSR count). The van der Waals surface area contributed by atoms with Crippen LogP contribution in [0.4, 0.5) is 0 Å². The Morgan fingerprint density at radius 3 is 2.52 bits per heavy atom. The van der Waals surface area contributed by atoms with Crippen LogP contribution in [0.5, 0.6) is 0 Å². The number of hydrogen-bond acceptors (Lipinski definition) is 4. The average Bonchev–Trinajstić information content (AvgIpc) is 2.66. The van der Waals surface area contributed by atoms with Crippen LogP contribution in [0.15, 0.2) is 42.5 Å². The van der Waals surface area contributed by atoms with Gasteiger partial charge in [0.1, 0.15) is 0 Å². The number of ether oxygens (including phenoxy) is 2. The highest BCUT2D eigenvalue weighted by Crippen LogP contribution is 2.33. The molecule has 0 unspecified atom stereocenters. The molecule has 108 valence electrons. The largest absolute Gasteiger partial charge is 0.466 e. The van der Waals surface area contributed by atoms with Crippen LogP contribution in [-0.2, 0) is 14.3 Å². The molecule has 2 aliphatic carbocycles. The van der Waals surface area contributed by atoms with E-state index in [1.807, 2.05) is 30.3 Å². The minimum atomic E-state index is -0.442. The van der Waals surface area contributed by atoms with Crippen molar-refractivity contribution >= 4 is 18.0 Å². The van der Waals surface area contributed by atoms with Gasteiger partial charge in [-0.1, -0.05) is 30.3 Å². The van der Waals surface area contributed by atoms with Crippen LogP contribution in [0.1, 0.15) is 22.8 Å². The van der Waals surface area contributed by atoms with Crippen molar-refractivity contribution in [3.8, 4) is 11.1 Å². The third-order valence-electron chi connectivity index (χ3n) is 3.03. The third kappa shape index (κ3) is 3.28. The quantitative estimate of drug-likeness (QED) is 0.639. The highest BCUT2D eigenvalue weighted by molar-refractivity contribution is 6.02. The van der Waals surface area contributed by atoms with Gasteiger partial charge < -0.3 is 9.47 Å². The van der Waals surface area contributed by atoms with Crippen LogP contribution < -0.4 is 0 Å². The maximum absolute atomic E-state index is 12.0. The van der Waals surface area contributed by atoms with Gasteiger partial charge in [0.05, 0.1) is 19.3 Å². The molecule has 0 bridgehead atoms. The summed E-state index contributed by atoms with van der Waals surface area (Å²) in [5.74, 6) is -0.811. The highest BCUT2D eigenvalue weighted by Gasteiger charge is 2.19. The fourth-order valence-electron chi connectivity index (χ4n) is 2.09. The van der Waals surface area contributed by atoms with E-state index in [-0.39, 0.29) is 5.97 Å². The van der Waals surface area contributed by atoms with Gasteiger partial charge in [0.15, 0.2) is 0 Å². The molecule has 0 radical (unpaired) electrons. The Labute approximate surface area is 123 Å². The lowest BCUT2D eigenvalue weighted by Gasteiger charge is -2.01. The first-order valence-corrected chi connectivity index (χ1v) is 6.62. The van der Waals surface area contributed by atoms with Crippen LogP contribution in [0.3, 0.4) is 0 Å². The Balaban J connectivity index is 2.50. The van der Waals surface area contributed by atoms with Crippen LogP contribution >= 0.6 is 0 Å². The molecule has 4 nitrogen and oxygen atoms in total. The lowest BCUT2D eigenvalue weighted by Crippen LogP contribution is -2.03.